The first kappa shape index (κ1) is 26.9. The Kier molecular flexibility index (Phi) is 7.67. The zero-order valence-electron chi connectivity index (χ0n) is 22.2. The molecule has 0 saturated carbocycles. The Bertz CT molecular complexity index is 1690. The van der Waals surface area contributed by atoms with Gasteiger partial charge in [0.25, 0.3) is 0 Å². The fraction of sp³-hybridized carbons (Fsp3) is 0.161. The van der Waals surface area contributed by atoms with Crippen molar-refractivity contribution in [3.05, 3.63) is 119 Å². The summed E-state index contributed by atoms with van der Waals surface area (Å²) >= 11 is 3.01. The first-order chi connectivity index (χ1) is 20.0. The summed E-state index contributed by atoms with van der Waals surface area (Å²) in [7, 11) is 0. The highest BCUT2D eigenvalue weighted by molar-refractivity contribution is 8.00. The summed E-state index contributed by atoms with van der Waals surface area (Å²) < 4.78 is 15.7. The van der Waals surface area contributed by atoms with Crippen molar-refractivity contribution < 1.29 is 14.0 Å². The van der Waals surface area contributed by atoms with Gasteiger partial charge in [0.2, 0.25) is 11.8 Å². The van der Waals surface area contributed by atoms with Crippen molar-refractivity contribution in [1.82, 2.24) is 20.1 Å². The maximum Gasteiger partial charge on any atom is 0.240 e. The van der Waals surface area contributed by atoms with Gasteiger partial charge in [0.1, 0.15) is 23.9 Å². The summed E-state index contributed by atoms with van der Waals surface area (Å²) in [5, 5.41) is 9.66. The Balaban J connectivity index is 1.51. The first-order valence-corrected chi connectivity index (χ1v) is 15.0. The van der Waals surface area contributed by atoms with Crippen LogP contribution in [0.1, 0.15) is 27.6 Å². The molecule has 206 valence electrons. The van der Waals surface area contributed by atoms with Gasteiger partial charge in [-0.1, -0.05) is 42.5 Å². The van der Waals surface area contributed by atoms with Crippen LogP contribution in [0.25, 0.3) is 16.3 Å². The van der Waals surface area contributed by atoms with Gasteiger partial charge in [0.05, 0.1) is 33.8 Å². The molecule has 0 radical (unpaired) electrons. The van der Waals surface area contributed by atoms with Crippen LogP contribution < -0.4 is 10.2 Å². The lowest BCUT2D eigenvalue weighted by Gasteiger charge is -2.23. The van der Waals surface area contributed by atoms with E-state index in [0.29, 0.717) is 5.82 Å². The number of carbonyl (C=O) groups excluding carboxylic acids is 2. The zero-order valence-corrected chi connectivity index (χ0v) is 23.8. The van der Waals surface area contributed by atoms with E-state index in [9.17, 15) is 14.0 Å². The number of thiophene rings is 1. The van der Waals surface area contributed by atoms with Gasteiger partial charge in [-0.3, -0.25) is 19.5 Å². The minimum absolute atomic E-state index is 0.141. The van der Waals surface area contributed by atoms with Crippen LogP contribution in [0.15, 0.2) is 90.4 Å². The number of thioether (sulfide) groups is 1. The highest BCUT2D eigenvalue weighted by Gasteiger charge is 2.38. The predicted octanol–water partition coefficient (Wildman–Crippen LogP) is 5.93. The number of carbonyl (C=O) groups is 2. The van der Waals surface area contributed by atoms with E-state index in [1.165, 1.54) is 28.8 Å². The second kappa shape index (κ2) is 11.7. The number of anilines is 1. The van der Waals surface area contributed by atoms with E-state index in [2.05, 4.69) is 10.3 Å². The van der Waals surface area contributed by atoms with E-state index in [4.69, 9.17) is 5.10 Å². The van der Waals surface area contributed by atoms with Gasteiger partial charge in [0, 0.05) is 11.8 Å². The second-order valence-electron chi connectivity index (χ2n) is 9.58. The molecule has 0 aliphatic carbocycles. The summed E-state index contributed by atoms with van der Waals surface area (Å²) in [6.07, 6.45) is 1.67. The maximum absolute atomic E-state index is 13.9. The van der Waals surface area contributed by atoms with Crippen molar-refractivity contribution in [2.75, 3.05) is 17.2 Å². The third-order valence-corrected chi connectivity index (χ3v) is 8.99. The molecule has 7 nitrogen and oxygen atoms in total. The van der Waals surface area contributed by atoms with Crippen LogP contribution in [-0.2, 0) is 16.1 Å². The quantitative estimate of drug-likeness (QED) is 0.257. The number of aromatic nitrogens is 3. The third-order valence-electron chi connectivity index (χ3n) is 6.85. The molecule has 1 N–H and O–H groups in total. The van der Waals surface area contributed by atoms with Crippen LogP contribution in [0.2, 0.25) is 0 Å². The average Bonchev–Trinajstić information content (AvgIpc) is 3.63. The molecule has 1 atom stereocenters. The topological polar surface area (TPSA) is 80.1 Å². The number of fused-ring (bicyclic) bond motifs is 1. The molecule has 3 aromatic heterocycles. The summed E-state index contributed by atoms with van der Waals surface area (Å²) in [5.74, 6) is -0.164. The lowest BCUT2D eigenvalue weighted by atomic mass is 10.0. The van der Waals surface area contributed by atoms with E-state index < -0.39 is 0 Å². The van der Waals surface area contributed by atoms with Crippen LogP contribution in [0.4, 0.5) is 10.2 Å². The second-order valence-corrected chi connectivity index (χ2v) is 11.6. The molecule has 0 saturated heterocycles. The molecule has 2 amide bonds. The molecule has 4 heterocycles. The van der Waals surface area contributed by atoms with E-state index in [1.807, 2.05) is 66.9 Å². The van der Waals surface area contributed by atoms with Gasteiger partial charge >= 0.3 is 0 Å². The minimum atomic E-state index is -0.330. The molecule has 0 bridgehead atoms. The molecule has 1 aliphatic heterocycles. The average molecular weight is 584 g/mol. The Morgan fingerprint density at radius 2 is 1.85 bits per heavy atom. The van der Waals surface area contributed by atoms with Gasteiger partial charge in [-0.25, -0.2) is 9.07 Å². The van der Waals surface area contributed by atoms with Gasteiger partial charge in [-0.2, -0.15) is 5.10 Å². The molecule has 2 aromatic carbocycles. The van der Waals surface area contributed by atoms with E-state index in [1.54, 1.807) is 34.3 Å². The van der Waals surface area contributed by atoms with Crippen molar-refractivity contribution in [1.29, 1.82) is 0 Å². The minimum Gasteiger partial charge on any atom is -0.349 e. The van der Waals surface area contributed by atoms with Crippen LogP contribution >= 0.6 is 23.1 Å². The lowest BCUT2D eigenvalue weighted by Crippen LogP contribution is -2.42. The maximum atomic E-state index is 13.9. The molecule has 1 unspecified atom stereocenters. The van der Waals surface area contributed by atoms with Crippen molar-refractivity contribution >= 4 is 40.7 Å². The van der Waals surface area contributed by atoms with Crippen LogP contribution in [0, 0.1) is 12.7 Å². The van der Waals surface area contributed by atoms with E-state index in [-0.39, 0.29) is 41.7 Å². The van der Waals surface area contributed by atoms with Crippen molar-refractivity contribution in [3.8, 4) is 16.3 Å². The monoisotopic (exact) mass is 583 g/mol. The van der Waals surface area contributed by atoms with Gasteiger partial charge < -0.3 is 5.32 Å². The number of nitrogens with one attached hydrogen (secondary N) is 1. The summed E-state index contributed by atoms with van der Waals surface area (Å²) in [4.78, 5) is 33.8. The molecular weight excluding hydrogens is 558 g/mol. The predicted molar refractivity (Wildman–Crippen MR) is 161 cm³/mol. The number of para-hydroxylation sites is 1. The number of hydrogen-bond donors (Lipinski definition) is 1. The Morgan fingerprint density at radius 3 is 2.59 bits per heavy atom. The highest BCUT2D eigenvalue weighted by atomic mass is 32.2. The number of hydrogen-bond acceptors (Lipinski definition) is 6. The number of aryl methyl sites for hydroxylation is 1. The summed E-state index contributed by atoms with van der Waals surface area (Å²) in [6, 6.07) is 23.7. The molecule has 0 spiro atoms. The molecule has 0 fully saturated rings. The fourth-order valence-electron chi connectivity index (χ4n) is 4.88. The number of benzene rings is 2. The first-order valence-electron chi connectivity index (χ1n) is 13.1. The number of amides is 2. The fourth-order valence-corrected chi connectivity index (χ4v) is 6.80. The Labute approximate surface area is 245 Å². The van der Waals surface area contributed by atoms with E-state index in [0.717, 1.165) is 38.6 Å². The molecule has 1 aliphatic rings. The summed E-state index contributed by atoms with van der Waals surface area (Å²) in [5.41, 5.74) is 4.90. The Morgan fingerprint density at radius 1 is 1.05 bits per heavy atom. The number of rotatable bonds is 7. The van der Waals surface area contributed by atoms with Crippen LogP contribution in [-0.4, -0.2) is 38.9 Å². The highest BCUT2D eigenvalue weighted by Crippen LogP contribution is 2.49. The van der Waals surface area contributed by atoms with Crippen molar-refractivity contribution in [2.45, 2.75) is 18.7 Å². The van der Waals surface area contributed by atoms with Gasteiger partial charge in [0.15, 0.2) is 0 Å². The van der Waals surface area contributed by atoms with Gasteiger partial charge in [-0.05, 0) is 59.8 Å². The van der Waals surface area contributed by atoms with Gasteiger partial charge in [-0.15, -0.1) is 23.1 Å². The largest absolute Gasteiger partial charge is 0.349 e. The Hall–Kier alpha value is -4.28. The number of nitrogens with zero attached hydrogens (tertiary/aromatic N) is 4. The normalized spacial score (nSPS) is 14.9. The molecule has 6 rings (SSSR count). The van der Waals surface area contributed by atoms with Crippen LogP contribution in [0.5, 0.6) is 0 Å². The lowest BCUT2D eigenvalue weighted by molar-refractivity contribution is -0.123. The van der Waals surface area contributed by atoms with Crippen molar-refractivity contribution in [3.63, 3.8) is 0 Å². The zero-order chi connectivity index (χ0) is 28.3. The summed E-state index contributed by atoms with van der Waals surface area (Å²) in [6.45, 7) is 2.05. The smallest absolute Gasteiger partial charge is 0.240 e. The van der Waals surface area contributed by atoms with Crippen molar-refractivity contribution in [2.24, 2.45) is 0 Å². The van der Waals surface area contributed by atoms with Crippen LogP contribution in [0.3, 0.4) is 0 Å². The standard InChI is InChI=1S/C31H26FN5O2S2/c1-20-7-2-3-9-24(20)37-31-28(29(35-37)25-10-6-16-40-25)30(21-11-13-22(32)14-12-21)41-19-27(39)36(31)18-26(38)34-17-23-8-4-5-15-33-23/h2-16,30H,17-19H2,1H3,(H,34,38). The molecule has 5 aromatic rings. The molecule has 41 heavy (non-hydrogen) atoms. The SMILES string of the molecule is Cc1ccccc1-n1nc(-c2cccs2)c2c1N(CC(=O)NCc1ccccn1)C(=O)CSC2c1ccc(F)cc1. The third kappa shape index (κ3) is 5.53. The number of pyridine rings is 1. The number of halogens is 1. The van der Waals surface area contributed by atoms with E-state index >= 15 is 0 Å². The molecule has 10 heteroatoms. The molecular formula is C31H26FN5O2S2.